The van der Waals surface area contributed by atoms with Gasteiger partial charge in [-0.25, -0.2) is 8.42 Å². The van der Waals surface area contributed by atoms with Crippen LogP contribution in [0.15, 0.2) is 23.1 Å². The van der Waals surface area contributed by atoms with Gasteiger partial charge in [0.2, 0.25) is 10.0 Å². The molecule has 0 radical (unpaired) electrons. The third-order valence-corrected chi connectivity index (χ3v) is 7.03. The molecule has 0 saturated carbocycles. The fourth-order valence-electron chi connectivity index (χ4n) is 2.75. The van der Waals surface area contributed by atoms with Gasteiger partial charge in [0.1, 0.15) is 0 Å². The molecule has 7 nitrogen and oxygen atoms in total. The quantitative estimate of drug-likeness (QED) is 0.665. The summed E-state index contributed by atoms with van der Waals surface area (Å²) in [7, 11) is -3.69. The Morgan fingerprint density at radius 2 is 1.78 bits per heavy atom. The summed E-state index contributed by atoms with van der Waals surface area (Å²) in [5, 5.41) is 12.0. The van der Waals surface area contributed by atoms with Gasteiger partial charge in [-0.05, 0) is 37.5 Å². The molecule has 1 aromatic carbocycles. The van der Waals surface area contributed by atoms with E-state index in [0.717, 1.165) is 0 Å². The summed E-state index contributed by atoms with van der Waals surface area (Å²) in [6.07, 6.45) is -0.229. The first-order valence-electron chi connectivity index (χ1n) is 9.04. The maximum absolute atomic E-state index is 12.8. The highest BCUT2D eigenvalue weighted by atomic mass is 32.2. The Morgan fingerprint density at radius 3 is 2.22 bits per heavy atom. The Morgan fingerprint density at radius 1 is 1.22 bits per heavy atom. The zero-order chi connectivity index (χ0) is 21.0. The van der Waals surface area contributed by atoms with Crippen LogP contribution >= 0.6 is 0 Å². The highest BCUT2D eigenvalue weighted by molar-refractivity contribution is 7.89. The fourth-order valence-corrected chi connectivity index (χ4v) is 4.24. The maximum atomic E-state index is 12.8. The molecule has 0 bridgehead atoms. The molecule has 0 aliphatic carbocycles. The van der Waals surface area contributed by atoms with Gasteiger partial charge in [0, 0.05) is 18.7 Å². The zero-order valence-corrected chi connectivity index (χ0v) is 17.7. The van der Waals surface area contributed by atoms with E-state index in [1.165, 1.54) is 16.4 Å². The molecule has 0 aromatic heterocycles. The number of carbonyl (C=O) groups excluding carboxylic acids is 1. The van der Waals surface area contributed by atoms with Crippen LogP contribution < -0.4 is 5.32 Å². The number of nitrogens with zero attached hydrogens (tertiary/aromatic N) is 1. The molecule has 1 unspecified atom stereocenters. The molecule has 8 heteroatoms. The molecule has 1 rings (SSSR count). The summed E-state index contributed by atoms with van der Waals surface area (Å²) in [4.78, 5) is 24.1. The largest absolute Gasteiger partial charge is 0.481 e. The third kappa shape index (κ3) is 5.29. The third-order valence-electron chi connectivity index (χ3n) is 4.99. The van der Waals surface area contributed by atoms with Crippen LogP contribution in [0.5, 0.6) is 0 Å². The number of amides is 1. The first-order chi connectivity index (χ1) is 12.4. The topological polar surface area (TPSA) is 104 Å². The van der Waals surface area contributed by atoms with E-state index in [-0.39, 0.29) is 22.8 Å². The number of benzene rings is 1. The highest BCUT2D eigenvalue weighted by Gasteiger charge is 2.34. The van der Waals surface area contributed by atoms with Gasteiger partial charge in [0.15, 0.2) is 0 Å². The van der Waals surface area contributed by atoms with Crippen molar-refractivity contribution in [1.29, 1.82) is 0 Å². The van der Waals surface area contributed by atoms with Gasteiger partial charge in [0.25, 0.3) is 5.91 Å². The van der Waals surface area contributed by atoms with Crippen molar-refractivity contribution >= 4 is 21.9 Å². The summed E-state index contributed by atoms with van der Waals surface area (Å²) in [5.41, 5.74) is -0.115. The molecular formula is C19H30N2O5S. The second-order valence-corrected chi connectivity index (χ2v) is 9.10. The van der Waals surface area contributed by atoms with E-state index in [1.54, 1.807) is 33.8 Å². The van der Waals surface area contributed by atoms with Gasteiger partial charge in [0.05, 0.1) is 16.9 Å². The van der Waals surface area contributed by atoms with Crippen LogP contribution in [0.4, 0.5) is 0 Å². The maximum Gasteiger partial charge on any atom is 0.305 e. The van der Waals surface area contributed by atoms with Gasteiger partial charge >= 0.3 is 5.97 Å². The van der Waals surface area contributed by atoms with Gasteiger partial charge in [-0.1, -0.05) is 33.8 Å². The molecule has 0 aliphatic heterocycles. The second kappa shape index (κ2) is 8.84. The highest BCUT2D eigenvalue weighted by Crippen LogP contribution is 2.24. The minimum Gasteiger partial charge on any atom is -0.481 e. The molecule has 1 aromatic rings. The van der Waals surface area contributed by atoms with E-state index in [0.29, 0.717) is 18.7 Å². The molecule has 0 saturated heterocycles. The average molecular weight is 399 g/mol. The summed E-state index contributed by atoms with van der Waals surface area (Å²) in [5.74, 6) is -1.62. The van der Waals surface area contributed by atoms with Crippen molar-refractivity contribution in [2.45, 2.75) is 58.4 Å². The lowest BCUT2D eigenvalue weighted by Crippen LogP contribution is -2.51. The smallest absolute Gasteiger partial charge is 0.305 e. The van der Waals surface area contributed by atoms with E-state index < -0.39 is 27.4 Å². The molecule has 0 aliphatic rings. The Kier molecular flexibility index (Phi) is 7.57. The minimum atomic E-state index is -3.69. The van der Waals surface area contributed by atoms with Crippen LogP contribution in [-0.4, -0.2) is 48.3 Å². The molecule has 2 N–H and O–H groups in total. The van der Waals surface area contributed by atoms with Gasteiger partial charge < -0.3 is 10.4 Å². The van der Waals surface area contributed by atoms with Gasteiger partial charge in [-0.15, -0.1) is 0 Å². The van der Waals surface area contributed by atoms with Crippen LogP contribution in [0, 0.1) is 12.8 Å². The molecule has 1 atom stereocenters. The summed E-state index contributed by atoms with van der Waals surface area (Å²) < 4.78 is 26.8. The number of sulfonamides is 1. The molecule has 152 valence electrons. The molecule has 0 spiro atoms. The minimum absolute atomic E-state index is 0.0476. The Labute approximate surface area is 161 Å². The second-order valence-electron chi connectivity index (χ2n) is 7.16. The van der Waals surface area contributed by atoms with Crippen molar-refractivity contribution in [3.8, 4) is 0 Å². The fraction of sp³-hybridized carbons (Fsp3) is 0.579. The first kappa shape index (κ1) is 23.1. The normalized spacial score (nSPS) is 14.2. The number of hydrogen-bond donors (Lipinski definition) is 2. The van der Waals surface area contributed by atoms with Crippen LogP contribution in [0.1, 0.15) is 57.0 Å². The Bertz CT molecular complexity index is 800. The predicted molar refractivity (Wildman–Crippen MR) is 104 cm³/mol. The van der Waals surface area contributed by atoms with Crippen LogP contribution in [0.3, 0.4) is 0 Å². The molecule has 1 amide bonds. The van der Waals surface area contributed by atoms with E-state index in [4.69, 9.17) is 5.11 Å². The number of hydrogen-bond acceptors (Lipinski definition) is 4. The zero-order valence-electron chi connectivity index (χ0n) is 16.9. The van der Waals surface area contributed by atoms with Crippen LogP contribution in [0.25, 0.3) is 0 Å². The van der Waals surface area contributed by atoms with E-state index in [9.17, 15) is 18.0 Å². The molecule has 0 heterocycles. The number of aliphatic carboxylic acids is 1. The monoisotopic (exact) mass is 398 g/mol. The number of carbonyl (C=O) groups is 2. The molecule has 27 heavy (non-hydrogen) atoms. The predicted octanol–water partition coefficient (Wildman–Crippen LogP) is 2.64. The lowest BCUT2D eigenvalue weighted by molar-refractivity contribution is -0.138. The average Bonchev–Trinajstić information content (AvgIpc) is 2.54. The summed E-state index contributed by atoms with van der Waals surface area (Å²) >= 11 is 0. The van der Waals surface area contributed by atoms with Crippen molar-refractivity contribution in [3.05, 3.63) is 29.3 Å². The van der Waals surface area contributed by atoms with Gasteiger partial charge in [-0.3, -0.25) is 9.59 Å². The Hall–Kier alpha value is -1.93. The van der Waals surface area contributed by atoms with Crippen molar-refractivity contribution in [2.75, 3.05) is 13.1 Å². The number of carboxylic acid groups (broad SMARTS) is 1. The number of rotatable bonds is 9. The standard InChI is InChI=1S/C19H30N2O5S/c1-7-21(8-2)27(25,26)15-10-9-14(5)16(11-15)18(24)20-19(6,13(3)4)12-17(22)23/h9-11,13H,7-8,12H2,1-6H3,(H,20,24)(H,22,23). The Balaban J connectivity index is 3.31. The number of aryl methyl sites for hydroxylation is 1. The van der Waals surface area contributed by atoms with Crippen LogP contribution in [-0.2, 0) is 14.8 Å². The van der Waals surface area contributed by atoms with Gasteiger partial charge in [-0.2, -0.15) is 4.31 Å². The first-order valence-corrected chi connectivity index (χ1v) is 10.5. The van der Waals surface area contributed by atoms with E-state index >= 15 is 0 Å². The van der Waals surface area contributed by atoms with Crippen molar-refractivity contribution in [2.24, 2.45) is 5.92 Å². The lowest BCUT2D eigenvalue weighted by Gasteiger charge is -2.33. The SMILES string of the molecule is CCN(CC)S(=O)(=O)c1ccc(C)c(C(=O)NC(C)(CC(=O)O)C(C)C)c1. The van der Waals surface area contributed by atoms with E-state index in [2.05, 4.69) is 5.32 Å². The van der Waals surface area contributed by atoms with E-state index in [1.807, 2.05) is 13.8 Å². The van der Waals surface area contributed by atoms with Crippen molar-refractivity contribution in [1.82, 2.24) is 9.62 Å². The molecule has 0 fully saturated rings. The number of nitrogens with one attached hydrogen (secondary N) is 1. The lowest BCUT2D eigenvalue weighted by atomic mass is 9.85. The summed E-state index contributed by atoms with van der Waals surface area (Å²) in [6.45, 7) is 11.2. The van der Waals surface area contributed by atoms with Crippen LogP contribution in [0.2, 0.25) is 0 Å². The molecular weight excluding hydrogens is 368 g/mol. The summed E-state index contributed by atoms with van der Waals surface area (Å²) in [6, 6.07) is 4.44. The number of carboxylic acids is 1. The van der Waals surface area contributed by atoms with Crippen molar-refractivity contribution < 1.29 is 23.1 Å². The van der Waals surface area contributed by atoms with Crippen molar-refractivity contribution in [3.63, 3.8) is 0 Å².